The van der Waals surface area contributed by atoms with E-state index in [2.05, 4.69) is 5.32 Å². The quantitative estimate of drug-likeness (QED) is 0.807. The van der Waals surface area contributed by atoms with E-state index in [9.17, 15) is 14.0 Å². The third-order valence-electron chi connectivity index (χ3n) is 3.19. The Bertz CT molecular complexity index is 476. The molecular weight excluding hydrogens is 261 g/mol. The zero-order valence-corrected chi connectivity index (χ0v) is 11.7. The molecule has 0 saturated heterocycles. The molecule has 0 aromatic heterocycles. The van der Waals surface area contributed by atoms with Crippen LogP contribution in [-0.2, 0) is 4.79 Å². The third kappa shape index (κ3) is 4.99. The maximum absolute atomic E-state index is 13.4. The van der Waals surface area contributed by atoms with Crippen LogP contribution in [0.1, 0.15) is 43.5 Å². The van der Waals surface area contributed by atoms with Crippen LogP contribution in [0, 0.1) is 11.7 Å². The predicted molar refractivity (Wildman–Crippen MR) is 74.0 cm³/mol. The number of halogens is 1. The Morgan fingerprint density at radius 2 is 1.90 bits per heavy atom. The van der Waals surface area contributed by atoms with E-state index in [-0.39, 0.29) is 17.5 Å². The highest BCUT2D eigenvalue weighted by molar-refractivity contribution is 5.94. The molecule has 2 atom stereocenters. The molecule has 0 saturated carbocycles. The SMILES string of the molecule is CC(CCCC(C)C(=O)O)NC(=O)c1ccccc1F. The van der Waals surface area contributed by atoms with E-state index in [1.54, 1.807) is 13.0 Å². The first-order chi connectivity index (χ1) is 9.41. The van der Waals surface area contributed by atoms with Gasteiger partial charge in [0.05, 0.1) is 11.5 Å². The van der Waals surface area contributed by atoms with Crippen LogP contribution >= 0.6 is 0 Å². The summed E-state index contributed by atoms with van der Waals surface area (Å²) in [7, 11) is 0. The Morgan fingerprint density at radius 1 is 1.25 bits per heavy atom. The van der Waals surface area contributed by atoms with Gasteiger partial charge in [0.25, 0.3) is 5.91 Å². The third-order valence-corrected chi connectivity index (χ3v) is 3.19. The highest BCUT2D eigenvalue weighted by Crippen LogP contribution is 2.11. The van der Waals surface area contributed by atoms with E-state index in [1.165, 1.54) is 18.2 Å². The molecule has 0 aliphatic carbocycles. The molecular formula is C15H20FNO3. The second kappa shape index (κ2) is 7.62. The Labute approximate surface area is 118 Å². The molecule has 0 spiro atoms. The normalized spacial score (nSPS) is 13.6. The highest BCUT2D eigenvalue weighted by atomic mass is 19.1. The van der Waals surface area contributed by atoms with Crippen LogP contribution in [0.2, 0.25) is 0 Å². The number of aliphatic carboxylic acids is 1. The molecule has 1 aromatic carbocycles. The van der Waals surface area contributed by atoms with Crippen LogP contribution in [0.5, 0.6) is 0 Å². The molecule has 20 heavy (non-hydrogen) atoms. The summed E-state index contributed by atoms with van der Waals surface area (Å²) in [6.45, 7) is 3.48. The molecule has 0 fully saturated rings. The first kappa shape index (κ1) is 16.1. The summed E-state index contributed by atoms with van der Waals surface area (Å²) in [5, 5.41) is 11.5. The van der Waals surface area contributed by atoms with Crippen LogP contribution in [0.3, 0.4) is 0 Å². The molecule has 1 rings (SSSR count). The fraction of sp³-hybridized carbons (Fsp3) is 0.467. The fourth-order valence-corrected chi connectivity index (χ4v) is 1.87. The van der Waals surface area contributed by atoms with Gasteiger partial charge in [0.1, 0.15) is 5.82 Å². The fourth-order valence-electron chi connectivity index (χ4n) is 1.87. The molecule has 0 bridgehead atoms. The van der Waals surface area contributed by atoms with Crippen molar-refractivity contribution in [2.24, 2.45) is 5.92 Å². The summed E-state index contributed by atoms with van der Waals surface area (Å²) in [5.74, 6) is -2.18. The van der Waals surface area contributed by atoms with E-state index in [0.29, 0.717) is 19.3 Å². The highest BCUT2D eigenvalue weighted by Gasteiger charge is 2.15. The summed E-state index contributed by atoms with van der Waals surface area (Å²) in [5.41, 5.74) is 0.0262. The average Bonchev–Trinajstić information content (AvgIpc) is 2.38. The lowest BCUT2D eigenvalue weighted by atomic mass is 10.0. The molecule has 0 aliphatic rings. The van der Waals surface area contributed by atoms with Gasteiger partial charge in [-0.05, 0) is 31.9 Å². The minimum Gasteiger partial charge on any atom is -0.481 e. The van der Waals surface area contributed by atoms with Gasteiger partial charge in [-0.3, -0.25) is 9.59 Å². The van der Waals surface area contributed by atoms with Gasteiger partial charge in [0.2, 0.25) is 0 Å². The van der Waals surface area contributed by atoms with Crippen molar-refractivity contribution in [3.63, 3.8) is 0 Å². The standard InChI is InChI=1S/C15H20FNO3/c1-10(15(19)20)6-5-7-11(2)17-14(18)12-8-3-4-9-13(12)16/h3-4,8-11H,5-7H2,1-2H3,(H,17,18)(H,19,20). The maximum Gasteiger partial charge on any atom is 0.306 e. The Kier molecular flexibility index (Phi) is 6.15. The van der Waals surface area contributed by atoms with Crippen molar-refractivity contribution >= 4 is 11.9 Å². The topological polar surface area (TPSA) is 66.4 Å². The van der Waals surface area contributed by atoms with Crippen molar-refractivity contribution in [2.45, 2.75) is 39.2 Å². The van der Waals surface area contributed by atoms with Gasteiger partial charge in [0, 0.05) is 6.04 Å². The molecule has 4 nitrogen and oxygen atoms in total. The van der Waals surface area contributed by atoms with Crippen molar-refractivity contribution in [3.8, 4) is 0 Å². The molecule has 2 unspecified atom stereocenters. The first-order valence-corrected chi connectivity index (χ1v) is 6.70. The zero-order valence-electron chi connectivity index (χ0n) is 11.7. The molecule has 1 aromatic rings. The van der Waals surface area contributed by atoms with Gasteiger partial charge < -0.3 is 10.4 Å². The lowest BCUT2D eigenvalue weighted by molar-refractivity contribution is -0.141. The van der Waals surface area contributed by atoms with Crippen LogP contribution < -0.4 is 5.32 Å². The van der Waals surface area contributed by atoms with E-state index in [0.717, 1.165) is 0 Å². The molecule has 0 heterocycles. The van der Waals surface area contributed by atoms with E-state index < -0.39 is 17.7 Å². The number of nitrogens with one attached hydrogen (secondary N) is 1. The number of hydrogen-bond acceptors (Lipinski definition) is 2. The maximum atomic E-state index is 13.4. The van der Waals surface area contributed by atoms with Gasteiger partial charge in [-0.15, -0.1) is 0 Å². The number of benzene rings is 1. The monoisotopic (exact) mass is 281 g/mol. The summed E-state index contributed by atoms with van der Waals surface area (Å²) >= 11 is 0. The summed E-state index contributed by atoms with van der Waals surface area (Å²) in [6.07, 6.45) is 1.93. The minimum atomic E-state index is -0.812. The first-order valence-electron chi connectivity index (χ1n) is 6.70. The van der Waals surface area contributed by atoms with Crippen LogP contribution in [0.25, 0.3) is 0 Å². The number of carbonyl (C=O) groups excluding carboxylic acids is 1. The van der Waals surface area contributed by atoms with Gasteiger partial charge in [0.15, 0.2) is 0 Å². The predicted octanol–water partition coefficient (Wildman–Crippen LogP) is 2.84. The molecule has 0 radical (unpaired) electrons. The molecule has 0 aliphatic heterocycles. The van der Waals surface area contributed by atoms with Gasteiger partial charge in [-0.2, -0.15) is 0 Å². The van der Waals surface area contributed by atoms with Crippen molar-refractivity contribution in [2.75, 3.05) is 0 Å². The molecule has 1 amide bonds. The van der Waals surface area contributed by atoms with Crippen LogP contribution in [0.4, 0.5) is 4.39 Å². The van der Waals surface area contributed by atoms with Crippen molar-refractivity contribution in [3.05, 3.63) is 35.6 Å². The number of carbonyl (C=O) groups is 2. The second-order valence-corrected chi connectivity index (χ2v) is 5.02. The lowest BCUT2D eigenvalue weighted by Crippen LogP contribution is -2.33. The van der Waals surface area contributed by atoms with E-state index >= 15 is 0 Å². The Morgan fingerprint density at radius 3 is 2.50 bits per heavy atom. The van der Waals surface area contributed by atoms with Crippen molar-refractivity contribution in [1.82, 2.24) is 5.32 Å². The smallest absolute Gasteiger partial charge is 0.306 e. The number of hydrogen-bond donors (Lipinski definition) is 2. The average molecular weight is 281 g/mol. The molecule has 2 N–H and O–H groups in total. The summed E-state index contributed by atoms with van der Waals surface area (Å²) in [6, 6.07) is 5.70. The van der Waals surface area contributed by atoms with Gasteiger partial charge in [-0.25, -0.2) is 4.39 Å². The zero-order chi connectivity index (χ0) is 15.1. The van der Waals surface area contributed by atoms with Crippen LogP contribution in [0.15, 0.2) is 24.3 Å². The van der Waals surface area contributed by atoms with E-state index in [1.807, 2.05) is 6.92 Å². The minimum absolute atomic E-state index is 0.0262. The van der Waals surface area contributed by atoms with Crippen molar-refractivity contribution < 1.29 is 19.1 Å². The largest absolute Gasteiger partial charge is 0.481 e. The summed E-state index contributed by atoms with van der Waals surface area (Å²) < 4.78 is 13.4. The summed E-state index contributed by atoms with van der Waals surface area (Å²) in [4.78, 5) is 22.5. The lowest BCUT2D eigenvalue weighted by Gasteiger charge is -2.14. The molecule has 5 heteroatoms. The van der Waals surface area contributed by atoms with Crippen LogP contribution in [-0.4, -0.2) is 23.0 Å². The van der Waals surface area contributed by atoms with Crippen molar-refractivity contribution in [1.29, 1.82) is 0 Å². The Balaban J connectivity index is 2.39. The number of carboxylic acids is 1. The second-order valence-electron chi connectivity index (χ2n) is 5.02. The molecule has 110 valence electrons. The van der Waals surface area contributed by atoms with Gasteiger partial charge in [-0.1, -0.05) is 25.5 Å². The number of rotatable bonds is 7. The number of amides is 1. The van der Waals surface area contributed by atoms with E-state index in [4.69, 9.17) is 5.11 Å². The van der Waals surface area contributed by atoms with Gasteiger partial charge >= 0.3 is 5.97 Å². The Hall–Kier alpha value is -1.91. The number of carboxylic acid groups (broad SMARTS) is 1.